The van der Waals surface area contributed by atoms with Crippen LogP contribution in [0.1, 0.15) is 16.1 Å². The normalized spacial score (nSPS) is 10.6. The number of methoxy groups -OCH3 is 1. The molecule has 140 valence electrons. The number of nitrogens with zero attached hydrogens (tertiary/aromatic N) is 3. The quantitative estimate of drug-likeness (QED) is 0.551. The number of hydrogen-bond acceptors (Lipinski definition) is 6. The average Bonchev–Trinajstić information content (AvgIpc) is 3.39. The first-order valence-corrected chi connectivity index (χ1v) is 8.54. The Balaban J connectivity index is 1.65. The third-order valence-electron chi connectivity index (χ3n) is 4.23. The molecule has 2 N–H and O–H groups in total. The SMILES string of the molecule is COc1nc(-c2cn[nH]c2)ccc1NC(=O)c1c(-c2ccccc2)noc1C. The number of nitrogens with one attached hydrogen (secondary N) is 2. The predicted octanol–water partition coefficient (Wildman–Crippen LogP) is 3.70. The van der Waals surface area contributed by atoms with Crippen LogP contribution in [0.25, 0.3) is 22.5 Å². The summed E-state index contributed by atoms with van der Waals surface area (Å²) in [5, 5.41) is 13.5. The van der Waals surface area contributed by atoms with Gasteiger partial charge in [0, 0.05) is 17.3 Å². The zero-order chi connectivity index (χ0) is 19.5. The number of ether oxygens (including phenoxy) is 1. The molecule has 3 heterocycles. The maximum Gasteiger partial charge on any atom is 0.261 e. The largest absolute Gasteiger partial charge is 0.479 e. The Kier molecular flexibility index (Phi) is 4.59. The molecule has 0 saturated carbocycles. The Morgan fingerprint density at radius 3 is 2.68 bits per heavy atom. The van der Waals surface area contributed by atoms with E-state index >= 15 is 0 Å². The Hall–Kier alpha value is -3.94. The van der Waals surface area contributed by atoms with Crippen molar-refractivity contribution in [2.75, 3.05) is 12.4 Å². The van der Waals surface area contributed by atoms with Gasteiger partial charge in [-0.25, -0.2) is 4.98 Å². The molecule has 0 atom stereocenters. The summed E-state index contributed by atoms with van der Waals surface area (Å²) in [6.07, 6.45) is 3.39. The van der Waals surface area contributed by atoms with E-state index in [1.54, 1.807) is 31.5 Å². The average molecular weight is 375 g/mol. The van der Waals surface area contributed by atoms with E-state index in [9.17, 15) is 4.79 Å². The number of aromatic amines is 1. The molecule has 8 heteroatoms. The van der Waals surface area contributed by atoms with E-state index in [0.717, 1.165) is 11.1 Å². The van der Waals surface area contributed by atoms with E-state index in [1.165, 1.54) is 7.11 Å². The number of H-pyrrole nitrogens is 1. The van der Waals surface area contributed by atoms with E-state index in [0.29, 0.717) is 34.3 Å². The third kappa shape index (κ3) is 3.23. The highest BCUT2D eigenvalue weighted by molar-refractivity contribution is 6.09. The summed E-state index contributed by atoms with van der Waals surface area (Å²) < 4.78 is 10.6. The second-order valence-electron chi connectivity index (χ2n) is 6.02. The van der Waals surface area contributed by atoms with E-state index in [2.05, 4.69) is 25.7 Å². The number of hydrogen-bond donors (Lipinski definition) is 2. The first-order chi connectivity index (χ1) is 13.7. The van der Waals surface area contributed by atoms with Gasteiger partial charge in [0.2, 0.25) is 5.88 Å². The lowest BCUT2D eigenvalue weighted by atomic mass is 10.1. The van der Waals surface area contributed by atoms with Gasteiger partial charge in [0.25, 0.3) is 5.91 Å². The molecule has 4 aromatic rings. The summed E-state index contributed by atoms with van der Waals surface area (Å²) in [6.45, 7) is 1.70. The van der Waals surface area contributed by atoms with Crippen LogP contribution in [0.5, 0.6) is 5.88 Å². The van der Waals surface area contributed by atoms with E-state index in [1.807, 2.05) is 30.3 Å². The molecule has 0 aliphatic heterocycles. The lowest BCUT2D eigenvalue weighted by molar-refractivity contribution is 0.102. The van der Waals surface area contributed by atoms with Gasteiger partial charge in [-0.3, -0.25) is 9.89 Å². The van der Waals surface area contributed by atoms with Crippen molar-refractivity contribution in [2.24, 2.45) is 0 Å². The minimum Gasteiger partial charge on any atom is -0.479 e. The van der Waals surface area contributed by atoms with Gasteiger partial charge in [0.15, 0.2) is 0 Å². The fraction of sp³-hybridized carbons (Fsp3) is 0.100. The van der Waals surface area contributed by atoms with Crippen molar-refractivity contribution < 1.29 is 14.1 Å². The van der Waals surface area contributed by atoms with Crippen molar-refractivity contribution in [3.05, 3.63) is 66.2 Å². The molecule has 0 aliphatic rings. The van der Waals surface area contributed by atoms with Crippen molar-refractivity contribution in [3.63, 3.8) is 0 Å². The molecular formula is C20H17N5O3. The highest BCUT2D eigenvalue weighted by atomic mass is 16.5. The highest BCUT2D eigenvalue weighted by Gasteiger charge is 2.23. The Bertz CT molecular complexity index is 1100. The van der Waals surface area contributed by atoms with Crippen LogP contribution >= 0.6 is 0 Å². The minimum absolute atomic E-state index is 0.294. The van der Waals surface area contributed by atoms with Gasteiger partial charge in [-0.05, 0) is 19.1 Å². The van der Waals surface area contributed by atoms with Crippen LogP contribution in [0.2, 0.25) is 0 Å². The zero-order valence-electron chi connectivity index (χ0n) is 15.3. The van der Waals surface area contributed by atoms with Gasteiger partial charge in [-0.1, -0.05) is 35.5 Å². The van der Waals surface area contributed by atoms with E-state index < -0.39 is 0 Å². The van der Waals surface area contributed by atoms with Crippen LogP contribution in [0.15, 0.2) is 59.4 Å². The van der Waals surface area contributed by atoms with Crippen molar-refractivity contribution in [1.82, 2.24) is 20.3 Å². The molecule has 0 spiro atoms. The standard InChI is InChI=1S/C20H17N5O3/c1-12-17(18(25-28-12)13-6-4-3-5-7-13)19(26)23-16-9-8-15(24-20(16)27-2)14-10-21-22-11-14/h3-11H,1-2H3,(H,21,22)(H,23,26). The second kappa shape index (κ2) is 7.36. The summed E-state index contributed by atoms with van der Waals surface area (Å²) >= 11 is 0. The van der Waals surface area contributed by atoms with Crippen molar-refractivity contribution in [1.29, 1.82) is 0 Å². The number of benzene rings is 1. The highest BCUT2D eigenvalue weighted by Crippen LogP contribution is 2.29. The molecule has 1 amide bonds. The zero-order valence-corrected chi connectivity index (χ0v) is 15.3. The number of amides is 1. The maximum atomic E-state index is 13.0. The smallest absolute Gasteiger partial charge is 0.261 e. The van der Waals surface area contributed by atoms with Gasteiger partial charge >= 0.3 is 0 Å². The molecule has 0 bridgehead atoms. The molecule has 28 heavy (non-hydrogen) atoms. The van der Waals surface area contributed by atoms with Gasteiger partial charge in [0.1, 0.15) is 22.7 Å². The molecule has 3 aromatic heterocycles. The second-order valence-corrected chi connectivity index (χ2v) is 6.02. The molecule has 1 aromatic carbocycles. The molecule has 0 saturated heterocycles. The van der Waals surface area contributed by atoms with Gasteiger partial charge in [-0.15, -0.1) is 0 Å². The first-order valence-electron chi connectivity index (χ1n) is 8.54. The molecule has 4 rings (SSSR count). The lowest BCUT2D eigenvalue weighted by Gasteiger charge is -2.10. The van der Waals surface area contributed by atoms with Crippen LogP contribution in [0.3, 0.4) is 0 Å². The van der Waals surface area contributed by atoms with Crippen molar-refractivity contribution in [2.45, 2.75) is 6.92 Å². The van der Waals surface area contributed by atoms with Gasteiger partial charge in [-0.2, -0.15) is 5.10 Å². The number of pyridine rings is 1. The lowest BCUT2D eigenvalue weighted by Crippen LogP contribution is -2.14. The number of anilines is 1. The van der Waals surface area contributed by atoms with Crippen LogP contribution in [0, 0.1) is 6.92 Å². The molecular weight excluding hydrogens is 358 g/mol. The fourth-order valence-corrected chi connectivity index (χ4v) is 2.86. The van der Waals surface area contributed by atoms with Crippen LogP contribution in [-0.4, -0.2) is 33.4 Å². The Morgan fingerprint density at radius 2 is 1.96 bits per heavy atom. The van der Waals surface area contributed by atoms with Crippen LogP contribution < -0.4 is 10.1 Å². The van der Waals surface area contributed by atoms with E-state index in [4.69, 9.17) is 9.26 Å². The summed E-state index contributed by atoms with van der Waals surface area (Å²) in [5.74, 6) is 0.370. The molecule has 0 aliphatic carbocycles. The number of carbonyl (C=O) groups is 1. The summed E-state index contributed by atoms with van der Waals surface area (Å²) in [6, 6.07) is 12.9. The Morgan fingerprint density at radius 1 is 1.14 bits per heavy atom. The molecule has 8 nitrogen and oxygen atoms in total. The van der Waals surface area contributed by atoms with Gasteiger partial charge in [0.05, 0.1) is 19.0 Å². The summed E-state index contributed by atoms with van der Waals surface area (Å²) in [5.41, 5.74) is 3.58. The predicted molar refractivity (Wildman–Crippen MR) is 103 cm³/mol. The monoisotopic (exact) mass is 375 g/mol. The summed E-state index contributed by atoms with van der Waals surface area (Å²) in [4.78, 5) is 17.4. The number of aryl methyl sites for hydroxylation is 1. The third-order valence-corrected chi connectivity index (χ3v) is 4.23. The van der Waals surface area contributed by atoms with E-state index in [-0.39, 0.29) is 5.91 Å². The molecule has 0 fully saturated rings. The minimum atomic E-state index is -0.353. The topological polar surface area (TPSA) is 106 Å². The van der Waals surface area contributed by atoms with Crippen LogP contribution in [0.4, 0.5) is 5.69 Å². The first kappa shape index (κ1) is 17.5. The Labute approximate surface area is 160 Å². The molecule has 0 radical (unpaired) electrons. The summed E-state index contributed by atoms with van der Waals surface area (Å²) in [7, 11) is 1.50. The van der Waals surface area contributed by atoms with Crippen LogP contribution in [-0.2, 0) is 0 Å². The number of aromatic nitrogens is 4. The van der Waals surface area contributed by atoms with Crippen molar-refractivity contribution >= 4 is 11.6 Å². The maximum absolute atomic E-state index is 13.0. The number of carbonyl (C=O) groups excluding carboxylic acids is 1. The molecule has 0 unspecified atom stereocenters. The van der Waals surface area contributed by atoms with Gasteiger partial charge < -0.3 is 14.6 Å². The number of rotatable bonds is 5. The fourth-order valence-electron chi connectivity index (χ4n) is 2.86. The van der Waals surface area contributed by atoms with Crippen molar-refractivity contribution in [3.8, 4) is 28.4 Å².